The zero-order valence-electron chi connectivity index (χ0n) is 16.8. The van der Waals surface area contributed by atoms with Gasteiger partial charge in [-0.3, -0.25) is 9.80 Å². The molecule has 156 valence electrons. The molecule has 4 nitrogen and oxygen atoms in total. The van der Waals surface area contributed by atoms with Gasteiger partial charge in [0.15, 0.2) is 0 Å². The highest BCUT2D eigenvalue weighted by Crippen LogP contribution is 2.33. The van der Waals surface area contributed by atoms with Crippen LogP contribution in [0, 0.1) is 5.92 Å². The maximum absolute atomic E-state index is 6.40. The summed E-state index contributed by atoms with van der Waals surface area (Å²) >= 11 is 12.6. The van der Waals surface area contributed by atoms with E-state index in [4.69, 9.17) is 27.9 Å². The average Bonchev–Trinajstić information content (AvgIpc) is 2.76. The maximum atomic E-state index is 6.40. The number of morpholine rings is 1. The third kappa shape index (κ3) is 5.14. The summed E-state index contributed by atoms with van der Waals surface area (Å²) in [4.78, 5) is 7.67. The fourth-order valence-electron chi connectivity index (χ4n) is 5.06. The van der Waals surface area contributed by atoms with Crippen molar-refractivity contribution in [2.45, 2.75) is 38.1 Å². The lowest BCUT2D eigenvalue weighted by atomic mass is 9.83. The molecule has 0 atom stereocenters. The third-order valence-electron chi connectivity index (χ3n) is 6.88. The molecule has 0 unspecified atom stereocenters. The zero-order chi connectivity index (χ0) is 19.3. The Hall–Kier alpha value is -0.520. The molecule has 2 saturated heterocycles. The molecule has 1 aromatic rings. The first-order valence-electron chi connectivity index (χ1n) is 10.9. The van der Waals surface area contributed by atoms with Gasteiger partial charge in [-0.1, -0.05) is 29.3 Å². The number of hydrogen-bond acceptors (Lipinski definition) is 4. The normalized spacial score (nSPS) is 27.9. The summed E-state index contributed by atoms with van der Waals surface area (Å²) in [6.07, 6.45) is 6.92. The molecular weight excluding hydrogens is 393 g/mol. The lowest BCUT2D eigenvalue weighted by molar-refractivity contribution is 0.00427. The van der Waals surface area contributed by atoms with E-state index in [9.17, 15) is 0 Å². The SMILES string of the molecule is Clc1cccc(N2CCN(CCC3CCC(N4CCOCC4)CC3)CC2)c1Cl. The summed E-state index contributed by atoms with van der Waals surface area (Å²) in [6, 6.07) is 6.74. The van der Waals surface area contributed by atoms with E-state index in [1.165, 1.54) is 38.6 Å². The van der Waals surface area contributed by atoms with Crippen molar-refractivity contribution in [1.82, 2.24) is 9.80 Å². The molecule has 0 bridgehead atoms. The van der Waals surface area contributed by atoms with Gasteiger partial charge in [-0.25, -0.2) is 0 Å². The zero-order valence-corrected chi connectivity index (χ0v) is 18.3. The lowest BCUT2D eigenvalue weighted by Crippen LogP contribution is -2.47. The van der Waals surface area contributed by atoms with E-state index in [1.54, 1.807) is 0 Å². The summed E-state index contributed by atoms with van der Waals surface area (Å²) in [5.74, 6) is 0.915. The van der Waals surface area contributed by atoms with Crippen molar-refractivity contribution < 1.29 is 4.74 Å². The number of rotatable bonds is 5. The Labute approximate surface area is 179 Å². The van der Waals surface area contributed by atoms with Gasteiger partial charge in [0.1, 0.15) is 0 Å². The van der Waals surface area contributed by atoms with Gasteiger partial charge in [0, 0.05) is 45.3 Å². The van der Waals surface area contributed by atoms with Crippen LogP contribution in [0.25, 0.3) is 0 Å². The molecule has 6 heteroatoms. The van der Waals surface area contributed by atoms with Gasteiger partial charge in [0.05, 0.1) is 28.9 Å². The molecule has 1 aliphatic carbocycles. The van der Waals surface area contributed by atoms with Crippen LogP contribution in [0.3, 0.4) is 0 Å². The van der Waals surface area contributed by atoms with Crippen molar-refractivity contribution in [3.8, 4) is 0 Å². The van der Waals surface area contributed by atoms with Gasteiger partial charge in [-0.05, 0) is 56.7 Å². The van der Waals surface area contributed by atoms with Crippen molar-refractivity contribution >= 4 is 28.9 Å². The molecular formula is C22H33Cl2N3O. The first-order chi connectivity index (χ1) is 13.7. The minimum atomic E-state index is 0.647. The maximum Gasteiger partial charge on any atom is 0.0825 e. The summed E-state index contributed by atoms with van der Waals surface area (Å²) in [5, 5.41) is 1.34. The fourth-order valence-corrected chi connectivity index (χ4v) is 5.47. The highest BCUT2D eigenvalue weighted by Gasteiger charge is 2.27. The van der Waals surface area contributed by atoms with Crippen LogP contribution in [-0.4, -0.2) is 74.9 Å². The van der Waals surface area contributed by atoms with Crippen LogP contribution in [0.15, 0.2) is 18.2 Å². The third-order valence-corrected chi connectivity index (χ3v) is 7.69. The van der Waals surface area contributed by atoms with Crippen LogP contribution in [0.2, 0.25) is 10.0 Å². The molecule has 3 aliphatic rings. The van der Waals surface area contributed by atoms with Gasteiger partial charge in [-0.2, -0.15) is 0 Å². The van der Waals surface area contributed by atoms with E-state index >= 15 is 0 Å². The van der Waals surface area contributed by atoms with Gasteiger partial charge >= 0.3 is 0 Å². The predicted molar refractivity (Wildman–Crippen MR) is 118 cm³/mol. The van der Waals surface area contributed by atoms with Gasteiger partial charge in [-0.15, -0.1) is 0 Å². The first-order valence-corrected chi connectivity index (χ1v) is 11.7. The second-order valence-corrected chi connectivity index (χ2v) is 9.30. The average molecular weight is 426 g/mol. The van der Waals surface area contributed by atoms with Gasteiger partial charge in [0.25, 0.3) is 0 Å². The molecule has 1 aromatic carbocycles. The second kappa shape index (κ2) is 9.99. The van der Waals surface area contributed by atoms with E-state index < -0.39 is 0 Å². The van der Waals surface area contributed by atoms with Crippen LogP contribution in [0.1, 0.15) is 32.1 Å². The lowest BCUT2D eigenvalue weighted by Gasteiger charge is -2.40. The van der Waals surface area contributed by atoms with E-state index in [0.29, 0.717) is 10.0 Å². The van der Waals surface area contributed by atoms with Crippen LogP contribution in [0.4, 0.5) is 5.69 Å². The molecule has 0 aromatic heterocycles. The van der Waals surface area contributed by atoms with Crippen molar-refractivity contribution in [3.05, 3.63) is 28.2 Å². The minimum Gasteiger partial charge on any atom is -0.379 e. The monoisotopic (exact) mass is 425 g/mol. The fraction of sp³-hybridized carbons (Fsp3) is 0.727. The van der Waals surface area contributed by atoms with Crippen LogP contribution in [-0.2, 0) is 4.74 Å². The number of ether oxygens (including phenoxy) is 1. The van der Waals surface area contributed by atoms with Crippen molar-refractivity contribution in [2.24, 2.45) is 5.92 Å². The molecule has 1 saturated carbocycles. The number of nitrogens with zero attached hydrogens (tertiary/aromatic N) is 3. The minimum absolute atomic E-state index is 0.647. The topological polar surface area (TPSA) is 19.0 Å². The highest BCUT2D eigenvalue weighted by atomic mass is 35.5. The number of halogens is 2. The molecule has 3 fully saturated rings. The van der Waals surface area contributed by atoms with Crippen LogP contribution in [0.5, 0.6) is 0 Å². The first kappa shape index (κ1) is 20.7. The number of benzene rings is 1. The Bertz CT molecular complexity index is 622. The largest absolute Gasteiger partial charge is 0.379 e. The molecule has 0 N–H and O–H groups in total. The smallest absolute Gasteiger partial charge is 0.0825 e. The highest BCUT2D eigenvalue weighted by molar-refractivity contribution is 6.43. The number of piperazine rings is 1. The Kier molecular flexibility index (Phi) is 7.40. The molecule has 2 heterocycles. The second-order valence-electron chi connectivity index (χ2n) is 8.51. The summed E-state index contributed by atoms with van der Waals surface area (Å²) in [5.41, 5.74) is 1.08. The predicted octanol–water partition coefficient (Wildman–Crippen LogP) is 4.40. The van der Waals surface area contributed by atoms with E-state index in [0.717, 1.165) is 70.1 Å². The van der Waals surface area contributed by atoms with Gasteiger partial charge < -0.3 is 9.64 Å². The van der Waals surface area contributed by atoms with Crippen LogP contribution >= 0.6 is 23.2 Å². The standard InChI is InChI=1S/C22H33Cl2N3O/c23-20-2-1-3-21(22(20)24)27-12-10-25(11-13-27)9-8-18-4-6-19(7-5-18)26-14-16-28-17-15-26/h1-3,18-19H,4-17H2. The molecule has 28 heavy (non-hydrogen) atoms. The molecule has 0 radical (unpaired) electrons. The molecule has 2 aliphatic heterocycles. The molecule has 0 amide bonds. The Morgan fingerprint density at radius 1 is 0.893 bits per heavy atom. The summed E-state index contributed by atoms with van der Waals surface area (Å²) < 4.78 is 5.50. The van der Waals surface area contributed by atoms with E-state index in [1.807, 2.05) is 12.1 Å². The van der Waals surface area contributed by atoms with Crippen molar-refractivity contribution in [2.75, 3.05) is 63.9 Å². The Balaban J connectivity index is 1.16. The quantitative estimate of drug-likeness (QED) is 0.695. The Morgan fingerprint density at radius 2 is 1.61 bits per heavy atom. The van der Waals surface area contributed by atoms with E-state index in [-0.39, 0.29) is 0 Å². The Morgan fingerprint density at radius 3 is 2.32 bits per heavy atom. The van der Waals surface area contributed by atoms with E-state index in [2.05, 4.69) is 20.8 Å². The summed E-state index contributed by atoms with van der Waals surface area (Å²) in [6.45, 7) is 9.65. The van der Waals surface area contributed by atoms with Gasteiger partial charge in [0.2, 0.25) is 0 Å². The van der Waals surface area contributed by atoms with Crippen molar-refractivity contribution in [1.29, 1.82) is 0 Å². The molecule has 4 rings (SSSR count). The van der Waals surface area contributed by atoms with Crippen molar-refractivity contribution in [3.63, 3.8) is 0 Å². The number of anilines is 1. The van der Waals surface area contributed by atoms with Crippen LogP contribution < -0.4 is 4.90 Å². The number of hydrogen-bond donors (Lipinski definition) is 0. The molecule has 0 spiro atoms. The summed E-state index contributed by atoms with van der Waals surface area (Å²) in [7, 11) is 0.